The number of hydrogen-bond acceptors (Lipinski definition) is 4. The number of carbonyl (C=O) groups excluding carboxylic acids is 1. The number of hydrogen-bond donors (Lipinski definition) is 2. The van der Waals surface area contributed by atoms with E-state index in [1.807, 2.05) is 30.3 Å². The third-order valence-electron chi connectivity index (χ3n) is 4.21. The van der Waals surface area contributed by atoms with Gasteiger partial charge in [-0.25, -0.2) is 9.78 Å². The molecule has 0 aliphatic carbocycles. The highest BCUT2D eigenvalue weighted by atomic mass is 32.1. The Bertz CT molecular complexity index is 657. The second-order valence-corrected chi connectivity index (χ2v) is 6.95. The number of rotatable bonds is 3. The minimum absolute atomic E-state index is 0.135. The number of urea groups is 1. The van der Waals surface area contributed by atoms with Crippen molar-refractivity contribution < 1.29 is 9.90 Å². The molecule has 0 bridgehead atoms. The molecule has 0 radical (unpaired) electrons. The van der Waals surface area contributed by atoms with Crippen LogP contribution in [0, 0.1) is 5.92 Å². The Labute approximate surface area is 140 Å². The van der Waals surface area contributed by atoms with Crippen LogP contribution < -0.4 is 5.32 Å². The van der Waals surface area contributed by atoms with Crippen molar-refractivity contribution in [2.75, 3.05) is 18.4 Å². The molecular formula is C17H21N3O2S. The van der Waals surface area contributed by atoms with Gasteiger partial charge in [-0.3, -0.25) is 5.32 Å². The van der Waals surface area contributed by atoms with Crippen molar-refractivity contribution in [3.8, 4) is 10.4 Å². The lowest BCUT2D eigenvalue weighted by atomic mass is 9.94. The lowest BCUT2D eigenvalue weighted by Gasteiger charge is -2.33. The Balaban J connectivity index is 1.63. The van der Waals surface area contributed by atoms with Gasteiger partial charge in [-0.2, -0.15) is 0 Å². The average Bonchev–Trinajstić information content (AvgIpc) is 3.04. The van der Waals surface area contributed by atoms with Crippen LogP contribution in [0.1, 0.15) is 19.8 Å². The van der Waals surface area contributed by atoms with Gasteiger partial charge in [0.1, 0.15) is 0 Å². The Morgan fingerprint density at radius 1 is 1.43 bits per heavy atom. The minimum Gasteiger partial charge on any atom is -0.393 e. The fourth-order valence-electron chi connectivity index (χ4n) is 2.83. The van der Waals surface area contributed by atoms with Gasteiger partial charge in [0.2, 0.25) is 0 Å². The fraction of sp³-hybridized carbons (Fsp3) is 0.412. The van der Waals surface area contributed by atoms with Gasteiger partial charge >= 0.3 is 6.03 Å². The quantitative estimate of drug-likeness (QED) is 0.905. The zero-order valence-electron chi connectivity index (χ0n) is 13.1. The van der Waals surface area contributed by atoms with E-state index in [0.717, 1.165) is 29.8 Å². The first-order valence-corrected chi connectivity index (χ1v) is 8.70. The highest BCUT2D eigenvalue weighted by molar-refractivity contribution is 7.19. The number of thiazole rings is 1. The first-order valence-electron chi connectivity index (χ1n) is 7.88. The number of likely N-dealkylation sites (tertiary alicyclic amines) is 1. The third kappa shape index (κ3) is 3.89. The second kappa shape index (κ2) is 7.10. The molecule has 2 amide bonds. The fourth-order valence-corrected chi connectivity index (χ4v) is 3.64. The normalized spacial score (nSPS) is 19.4. The highest BCUT2D eigenvalue weighted by Gasteiger charge is 2.26. The van der Waals surface area contributed by atoms with E-state index < -0.39 is 0 Å². The van der Waals surface area contributed by atoms with Gasteiger partial charge in [-0.15, -0.1) is 0 Å². The van der Waals surface area contributed by atoms with Crippen molar-refractivity contribution in [3.63, 3.8) is 0 Å². The summed E-state index contributed by atoms with van der Waals surface area (Å²) in [4.78, 5) is 19.5. The van der Waals surface area contributed by atoms with Crippen LogP contribution in [-0.4, -0.2) is 40.2 Å². The number of nitrogens with one attached hydrogen (secondary N) is 1. The Morgan fingerprint density at radius 2 is 2.22 bits per heavy atom. The minimum atomic E-state index is -0.379. The van der Waals surface area contributed by atoms with Gasteiger partial charge < -0.3 is 10.0 Å². The summed E-state index contributed by atoms with van der Waals surface area (Å²) in [5, 5.41) is 13.2. The van der Waals surface area contributed by atoms with Crippen LogP contribution in [0.2, 0.25) is 0 Å². The number of nitrogens with zero attached hydrogens (tertiary/aromatic N) is 2. The molecule has 1 aromatic heterocycles. The summed E-state index contributed by atoms with van der Waals surface area (Å²) < 4.78 is 0. The number of carbonyl (C=O) groups is 1. The molecule has 1 aromatic carbocycles. The molecule has 1 saturated heterocycles. The van der Waals surface area contributed by atoms with Gasteiger partial charge in [0.25, 0.3) is 0 Å². The molecule has 1 aliphatic rings. The van der Waals surface area contributed by atoms with Gasteiger partial charge in [-0.1, -0.05) is 41.7 Å². The van der Waals surface area contributed by atoms with Crippen LogP contribution in [0.5, 0.6) is 0 Å². The van der Waals surface area contributed by atoms with Crippen LogP contribution in [-0.2, 0) is 0 Å². The van der Waals surface area contributed by atoms with Gasteiger partial charge in [0, 0.05) is 25.2 Å². The van der Waals surface area contributed by atoms with Crippen LogP contribution >= 0.6 is 11.3 Å². The zero-order chi connectivity index (χ0) is 16.2. The summed E-state index contributed by atoms with van der Waals surface area (Å²) in [6.07, 6.45) is 3.30. The molecule has 0 spiro atoms. The molecule has 2 heterocycles. The molecule has 1 aliphatic heterocycles. The van der Waals surface area contributed by atoms with Crippen molar-refractivity contribution in [2.24, 2.45) is 5.92 Å². The number of benzene rings is 1. The Hall–Kier alpha value is -1.92. The molecule has 3 rings (SSSR count). The van der Waals surface area contributed by atoms with E-state index in [2.05, 4.69) is 10.3 Å². The van der Waals surface area contributed by atoms with Crippen LogP contribution in [0.25, 0.3) is 10.4 Å². The summed E-state index contributed by atoms with van der Waals surface area (Å²) in [5.41, 5.74) is 1.10. The van der Waals surface area contributed by atoms with Crippen molar-refractivity contribution in [1.29, 1.82) is 0 Å². The van der Waals surface area contributed by atoms with E-state index in [1.54, 1.807) is 18.0 Å². The smallest absolute Gasteiger partial charge is 0.323 e. The molecule has 2 aromatic rings. The predicted molar refractivity (Wildman–Crippen MR) is 92.5 cm³/mol. The van der Waals surface area contributed by atoms with Crippen molar-refractivity contribution in [1.82, 2.24) is 9.88 Å². The first-order chi connectivity index (χ1) is 11.1. The molecule has 2 N–H and O–H groups in total. The number of anilines is 1. The molecule has 1 fully saturated rings. The number of aliphatic hydroxyl groups is 1. The molecule has 5 nitrogen and oxygen atoms in total. The summed E-state index contributed by atoms with van der Waals surface area (Å²) in [6, 6.07) is 9.86. The summed E-state index contributed by atoms with van der Waals surface area (Å²) >= 11 is 1.47. The maximum atomic E-state index is 12.4. The van der Waals surface area contributed by atoms with E-state index in [4.69, 9.17) is 0 Å². The van der Waals surface area contributed by atoms with Gasteiger partial charge in [0.05, 0.1) is 11.0 Å². The molecule has 6 heteroatoms. The Kier molecular flexibility index (Phi) is 4.93. The largest absolute Gasteiger partial charge is 0.393 e. The number of piperidine rings is 1. The van der Waals surface area contributed by atoms with Crippen LogP contribution in [0.15, 0.2) is 36.5 Å². The third-order valence-corrected chi connectivity index (χ3v) is 5.17. The van der Waals surface area contributed by atoms with Crippen molar-refractivity contribution in [3.05, 3.63) is 36.5 Å². The summed E-state index contributed by atoms with van der Waals surface area (Å²) in [6.45, 7) is 3.12. The topological polar surface area (TPSA) is 65.5 Å². The van der Waals surface area contributed by atoms with Crippen LogP contribution in [0.4, 0.5) is 9.93 Å². The Morgan fingerprint density at radius 3 is 2.96 bits per heavy atom. The lowest BCUT2D eigenvalue weighted by molar-refractivity contribution is 0.0766. The van der Waals surface area contributed by atoms with Crippen LogP contribution in [0.3, 0.4) is 0 Å². The molecular weight excluding hydrogens is 310 g/mol. The van der Waals surface area contributed by atoms with E-state index in [1.165, 1.54) is 11.3 Å². The van der Waals surface area contributed by atoms with E-state index in [0.29, 0.717) is 11.7 Å². The van der Waals surface area contributed by atoms with E-state index >= 15 is 0 Å². The molecule has 23 heavy (non-hydrogen) atoms. The summed E-state index contributed by atoms with van der Waals surface area (Å²) in [5.74, 6) is 0.158. The maximum Gasteiger partial charge on any atom is 0.323 e. The lowest BCUT2D eigenvalue weighted by Crippen LogP contribution is -2.44. The predicted octanol–water partition coefficient (Wildman–Crippen LogP) is 3.43. The number of aliphatic hydroxyl groups excluding tert-OH is 1. The molecule has 122 valence electrons. The molecule has 2 atom stereocenters. The maximum absolute atomic E-state index is 12.4. The molecule has 0 saturated carbocycles. The van der Waals surface area contributed by atoms with Crippen molar-refractivity contribution >= 4 is 22.5 Å². The molecule has 2 unspecified atom stereocenters. The highest BCUT2D eigenvalue weighted by Crippen LogP contribution is 2.29. The second-order valence-electron chi connectivity index (χ2n) is 5.91. The standard InChI is InChI=1S/C17H21N3O2S/c1-12(21)14-8-5-9-20(11-14)17(22)19-16-18-10-15(23-16)13-6-3-2-4-7-13/h2-4,6-7,10,12,14,21H,5,8-9,11H2,1H3,(H,18,19,22). The average molecular weight is 331 g/mol. The monoisotopic (exact) mass is 331 g/mol. The van der Waals surface area contributed by atoms with Gasteiger partial charge in [-0.05, 0) is 25.3 Å². The van der Waals surface area contributed by atoms with Gasteiger partial charge in [0.15, 0.2) is 5.13 Å². The first kappa shape index (κ1) is 16.0. The summed E-state index contributed by atoms with van der Waals surface area (Å²) in [7, 11) is 0. The van der Waals surface area contributed by atoms with Crippen molar-refractivity contribution in [2.45, 2.75) is 25.9 Å². The number of amides is 2. The zero-order valence-corrected chi connectivity index (χ0v) is 13.9. The van der Waals surface area contributed by atoms with E-state index in [-0.39, 0.29) is 18.1 Å². The van der Waals surface area contributed by atoms with E-state index in [9.17, 15) is 9.90 Å². The SMILES string of the molecule is CC(O)C1CCCN(C(=O)Nc2ncc(-c3ccccc3)s2)C1. The number of aromatic nitrogens is 1.